The van der Waals surface area contributed by atoms with Gasteiger partial charge in [-0.05, 0) is 59.7 Å². The fraction of sp³-hybridized carbons (Fsp3) is 0.323. The highest BCUT2D eigenvalue weighted by Crippen LogP contribution is 2.34. The molecule has 190 valence electrons. The van der Waals surface area contributed by atoms with Crippen LogP contribution in [0, 0.1) is 5.92 Å². The Hall–Kier alpha value is -3.12. The highest BCUT2D eigenvalue weighted by Gasteiger charge is 2.25. The largest absolute Gasteiger partial charge is 0.392 e. The number of aliphatic hydroxyl groups is 1. The summed E-state index contributed by atoms with van der Waals surface area (Å²) in [5.41, 5.74) is 7.71. The molecule has 0 unspecified atom stereocenters. The van der Waals surface area contributed by atoms with E-state index in [-0.39, 0.29) is 6.10 Å². The summed E-state index contributed by atoms with van der Waals surface area (Å²) in [5.74, 6) is 1.48. The summed E-state index contributed by atoms with van der Waals surface area (Å²) in [5, 5.41) is 14.9. The lowest BCUT2D eigenvalue weighted by molar-refractivity contribution is 0.0712. The van der Waals surface area contributed by atoms with Gasteiger partial charge in [-0.15, -0.1) is 0 Å². The summed E-state index contributed by atoms with van der Waals surface area (Å²) in [6.45, 7) is 2.61. The number of nitrogens with zero attached hydrogens (tertiary/aromatic N) is 2. The van der Waals surface area contributed by atoms with Crippen LogP contribution in [0.3, 0.4) is 0 Å². The maximum atomic E-state index is 10.6. The van der Waals surface area contributed by atoms with Gasteiger partial charge in [-0.1, -0.05) is 73.3 Å². The van der Waals surface area contributed by atoms with E-state index in [0.717, 1.165) is 72.4 Å². The van der Waals surface area contributed by atoms with Crippen LogP contribution in [0.5, 0.6) is 0 Å². The van der Waals surface area contributed by atoms with E-state index in [2.05, 4.69) is 56.6 Å². The Morgan fingerprint density at radius 2 is 1.95 bits per heavy atom. The van der Waals surface area contributed by atoms with Crippen molar-refractivity contribution in [3.8, 4) is 22.6 Å². The third-order valence-corrected chi connectivity index (χ3v) is 8.13. The fourth-order valence-electron chi connectivity index (χ4n) is 5.59. The van der Waals surface area contributed by atoms with E-state index < -0.39 is 0 Å². The number of anilines is 2. The smallest absolute Gasteiger partial charge is 0.139 e. The van der Waals surface area contributed by atoms with Crippen molar-refractivity contribution < 1.29 is 5.11 Å². The van der Waals surface area contributed by atoms with Crippen molar-refractivity contribution in [2.24, 2.45) is 5.92 Å². The Balaban J connectivity index is 1.17. The molecule has 6 rings (SSSR count). The second-order valence-electron chi connectivity index (χ2n) is 10.4. The molecule has 1 aliphatic carbocycles. The van der Waals surface area contributed by atoms with E-state index >= 15 is 0 Å². The van der Waals surface area contributed by atoms with E-state index in [1.165, 1.54) is 30.4 Å². The van der Waals surface area contributed by atoms with Crippen molar-refractivity contribution >= 4 is 23.0 Å². The lowest BCUT2D eigenvalue weighted by Crippen LogP contribution is -2.38. The number of imidazole rings is 1. The van der Waals surface area contributed by atoms with Crippen LogP contribution in [0.15, 0.2) is 72.9 Å². The summed E-state index contributed by atoms with van der Waals surface area (Å²) in [6, 6.07) is 22.6. The lowest BCUT2D eigenvalue weighted by atomic mass is 9.81. The molecular weight excluding hydrogens is 480 g/mol. The van der Waals surface area contributed by atoms with Gasteiger partial charge in [-0.25, -0.2) is 4.98 Å². The topological polar surface area (TPSA) is 64.2 Å². The third-order valence-electron chi connectivity index (χ3n) is 7.81. The van der Waals surface area contributed by atoms with E-state index in [0.29, 0.717) is 5.02 Å². The minimum Gasteiger partial charge on any atom is -0.392 e. The molecule has 2 aliphatic rings. The number of halogens is 1. The molecule has 5 nitrogen and oxygen atoms in total. The van der Waals surface area contributed by atoms with Crippen molar-refractivity contribution in [1.29, 1.82) is 0 Å². The zero-order valence-corrected chi connectivity index (χ0v) is 21.7. The second-order valence-corrected chi connectivity index (χ2v) is 10.9. The summed E-state index contributed by atoms with van der Waals surface area (Å²) < 4.78 is 0. The number of rotatable bonds is 8. The third kappa shape index (κ3) is 5.45. The highest BCUT2D eigenvalue weighted by atomic mass is 35.5. The molecule has 3 aromatic carbocycles. The first kappa shape index (κ1) is 24.2. The molecule has 3 N–H and O–H groups in total. The molecule has 0 spiro atoms. The Morgan fingerprint density at radius 1 is 1.08 bits per heavy atom. The van der Waals surface area contributed by atoms with Crippen LogP contribution in [0.1, 0.15) is 36.8 Å². The van der Waals surface area contributed by atoms with Gasteiger partial charge in [0.05, 0.1) is 23.0 Å². The van der Waals surface area contributed by atoms with Crippen molar-refractivity contribution in [2.75, 3.05) is 18.4 Å². The van der Waals surface area contributed by atoms with E-state index in [9.17, 15) is 5.11 Å². The first-order valence-electron chi connectivity index (χ1n) is 13.3. The Bertz CT molecular complexity index is 1360. The average molecular weight is 513 g/mol. The predicted octanol–water partition coefficient (Wildman–Crippen LogP) is 7.05. The van der Waals surface area contributed by atoms with E-state index in [1.807, 2.05) is 36.5 Å². The van der Waals surface area contributed by atoms with Gasteiger partial charge in [-0.3, -0.25) is 4.90 Å². The quantitative estimate of drug-likeness (QED) is 0.237. The summed E-state index contributed by atoms with van der Waals surface area (Å²) in [7, 11) is 0. The van der Waals surface area contributed by atoms with Gasteiger partial charge >= 0.3 is 0 Å². The molecule has 1 aromatic heterocycles. The second kappa shape index (κ2) is 10.7. The van der Waals surface area contributed by atoms with Crippen LogP contribution in [0.2, 0.25) is 5.02 Å². The number of hydrogen-bond acceptors (Lipinski definition) is 4. The number of β-amino-alcohol motifs (C(OH)–C–C–N with tert-alkyl or cyclic N) is 1. The van der Waals surface area contributed by atoms with Gasteiger partial charge in [0.2, 0.25) is 0 Å². The minimum atomic E-state index is -0.218. The highest BCUT2D eigenvalue weighted by molar-refractivity contribution is 6.33. The van der Waals surface area contributed by atoms with Crippen LogP contribution >= 0.6 is 11.6 Å². The maximum Gasteiger partial charge on any atom is 0.139 e. The predicted molar refractivity (Wildman–Crippen MR) is 151 cm³/mol. The Labute approximate surface area is 223 Å². The Kier molecular flexibility index (Phi) is 7.01. The number of aromatic amines is 1. The van der Waals surface area contributed by atoms with Crippen molar-refractivity contribution in [3.63, 3.8) is 0 Å². The molecule has 1 saturated carbocycles. The number of fused-ring (bicyclic) bond motifs is 1. The molecule has 6 heteroatoms. The van der Waals surface area contributed by atoms with Gasteiger partial charge in [0.1, 0.15) is 5.82 Å². The number of hydrogen-bond donors (Lipinski definition) is 3. The molecule has 0 bridgehead atoms. The fourth-order valence-corrected chi connectivity index (χ4v) is 5.80. The van der Waals surface area contributed by atoms with Crippen LogP contribution in [0.25, 0.3) is 22.6 Å². The van der Waals surface area contributed by atoms with Crippen molar-refractivity contribution in [1.82, 2.24) is 14.9 Å². The zero-order chi connectivity index (χ0) is 25.2. The number of aromatic nitrogens is 2. The molecule has 1 fully saturated rings. The van der Waals surface area contributed by atoms with Gasteiger partial charge < -0.3 is 15.4 Å². The zero-order valence-electron chi connectivity index (χ0n) is 21.0. The minimum absolute atomic E-state index is 0.218. The molecule has 0 amide bonds. The van der Waals surface area contributed by atoms with Crippen LogP contribution < -0.4 is 5.32 Å². The standard InChI is InChI=1S/C31H33ClN4O/c32-28-13-12-24(17-27(28)31-33-18-30(35-31)22-8-2-1-3-9-22)34-29-11-5-10-23-19-36(15-14-26(23)29)20-25(37)16-21-6-4-7-21/h1-3,5,8-13,17-18,21,25,34,37H,4,6-7,14-16,19-20H2,(H,33,35)/t25-/m0/s1. The average Bonchev–Trinajstić information content (AvgIpc) is 3.38. The number of aliphatic hydroxyl groups excluding tert-OH is 1. The normalized spacial score (nSPS) is 16.7. The Morgan fingerprint density at radius 3 is 2.76 bits per heavy atom. The van der Waals surface area contributed by atoms with Gasteiger partial charge in [0, 0.05) is 36.6 Å². The van der Waals surface area contributed by atoms with Crippen LogP contribution in [-0.4, -0.2) is 39.2 Å². The number of benzene rings is 3. The van der Waals surface area contributed by atoms with Gasteiger partial charge in [-0.2, -0.15) is 0 Å². The molecule has 4 aromatic rings. The SMILES string of the molecule is O[C@@H](CC1CCC1)CN1CCc2c(cccc2Nc2ccc(Cl)c(-c3ncc(-c4ccccc4)[nH]3)c2)C1. The van der Waals surface area contributed by atoms with Crippen molar-refractivity contribution in [3.05, 3.63) is 89.1 Å². The molecular formula is C31H33ClN4O. The first-order valence-corrected chi connectivity index (χ1v) is 13.7. The monoisotopic (exact) mass is 512 g/mol. The number of nitrogens with one attached hydrogen (secondary N) is 2. The van der Waals surface area contributed by atoms with Crippen LogP contribution in [0.4, 0.5) is 11.4 Å². The molecule has 0 saturated heterocycles. The van der Waals surface area contributed by atoms with Crippen LogP contribution in [-0.2, 0) is 13.0 Å². The first-order chi connectivity index (χ1) is 18.1. The molecule has 2 heterocycles. The molecule has 0 radical (unpaired) electrons. The summed E-state index contributed by atoms with van der Waals surface area (Å²) >= 11 is 6.59. The van der Waals surface area contributed by atoms with Crippen molar-refractivity contribution in [2.45, 2.75) is 44.8 Å². The maximum absolute atomic E-state index is 10.6. The molecule has 1 atom stereocenters. The van der Waals surface area contributed by atoms with E-state index in [4.69, 9.17) is 11.6 Å². The lowest BCUT2D eigenvalue weighted by Gasteiger charge is -2.33. The number of H-pyrrole nitrogens is 1. The summed E-state index contributed by atoms with van der Waals surface area (Å²) in [6.07, 6.45) is 7.45. The van der Waals surface area contributed by atoms with Gasteiger partial charge in [0.15, 0.2) is 0 Å². The summed E-state index contributed by atoms with van der Waals surface area (Å²) in [4.78, 5) is 10.4. The molecule has 1 aliphatic heterocycles. The van der Waals surface area contributed by atoms with Gasteiger partial charge in [0.25, 0.3) is 0 Å². The molecule has 37 heavy (non-hydrogen) atoms. The van der Waals surface area contributed by atoms with E-state index in [1.54, 1.807) is 0 Å².